The van der Waals surface area contributed by atoms with Gasteiger partial charge in [-0.2, -0.15) is 0 Å². The molecule has 2 saturated heterocycles. The molecule has 2 unspecified atom stereocenters. The van der Waals surface area contributed by atoms with Gasteiger partial charge in [0.2, 0.25) is 0 Å². The molecule has 0 aliphatic carbocycles. The maximum absolute atomic E-state index is 5.71. The number of hydrogen-bond donors (Lipinski definition) is 2. The number of anilines is 1. The number of methoxy groups -OCH3 is 1. The van der Waals surface area contributed by atoms with Crippen LogP contribution < -0.4 is 20.3 Å². The molecule has 0 aromatic heterocycles. The number of rotatable bonds is 9. The predicted molar refractivity (Wildman–Crippen MR) is 113 cm³/mol. The van der Waals surface area contributed by atoms with E-state index < -0.39 is 0 Å². The van der Waals surface area contributed by atoms with Crippen molar-refractivity contribution in [3.63, 3.8) is 0 Å². The molecule has 28 heavy (non-hydrogen) atoms. The molecular weight excluding hydrogens is 356 g/mol. The van der Waals surface area contributed by atoms with E-state index in [9.17, 15) is 0 Å². The van der Waals surface area contributed by atoms with Crippen LogP contribution in [-0.4, -0.2) is 71.2 Å². The zero-order valence-corrected chi connectivity index (χ0v) is 17.2. The van der Waals surface area contributed by atoms with Crippen LogP contribution in [0.1, 0.15) is 26.2 Å². The molecule has 3 rings (SSSR count). The van der Waals surface area contributed by atoms with E-state index in [1.54, 1.807) is 7.11 Å². The maximum Gasteiger partial charge on any atom is 0.191 e. The number of para-hydroxylation sites is 2. The summed E-state index contributed by atoms with van der Waals surface area (Å²) in [7, 11) is 1.72. The summed E-state index contributed by atoms with van der Waals surface area (Å²) in [5.74, 6) is 1.78. The first-order valence-corrected chi connectivity index (χ1v) is 10.4. The van der Waals surface area contributed by atoms with E-state index in [0.717, 1.165) is 62.9 Å². The first-order chi connectivity index (χ1) is 13.8. The van der Waals surface area contributed by atoms with Gasteiger partial charge in [-0.15, -0.1) is 0 Å². The molecule has 1 aromatic rings. The maximum atomic E-state index is 5.71. The highest BCUT2D eigenvalue weighted by Gasteiger charge is 2.25. The highest BCUT2D eigenvalue weighted by molar-refractivity contribution is 5.80. The second kappa shape index (κ2) is 11.1. The highest BCUT2D eigenvalue weighted by atomic mass is 16.5. The summed E-state index contributed by atoms with van der Waals surface area (Å²) < 4.78 is 16.8. The number of benzene rings is 1. The van der Waals surface area contributed by atoms with Crippen LogP contribution in [0.4, 0.5) is 5.69 Å². The summed E-state index contributed by atoms with van der Waals surface area (Å²) in [6.45, 7) is 7.66. The van der Waals surface area contributed by atoms with Gasteiger partial charge in [-0.05, 0) is 38.3 Å². The number of nitrogens with one attached hydrogen (secondary N) is 2. The predicted octanol–water partition coefficient (Wildman–Crippen LogP) is 2.02. The third-order valence-electron chi connectivity index (χ3n) is 5.13. The fourth-order valence-corrected chi connectivity index (χ4v) is 3.71. The molecule has 7 nitrogen and oxygen atoms in total. The molecule has 2 atom stereocenters. The molecule has 1 aromatic carbocycles. The second-order valence-corrected chi connectivity index (χ2v) is 7.22. The molecule has 2 aliphatic heterocycles. The highest BCUT2D eigenvalue weighted by Crippen LogP contribution is 2.30. The van der Waals surface area contributed by atoms with E-state index in [-0.39, 0.29) is 6.10 Å². The number of guanidine groups is 1. The third-order valence-corrected chi connectivity index (χ3v) is 5.13. The summed E-state index contributed by atoms with van der Waals surface area (Å²) >= 11 is 0. The van der Waals surface area contributed by atoms with E-state index in [1.807, 2.05) is 12.1 Å². The van der Waals surface area contributed by atoms with Crippen LogP contribution in [-0.2, 0) is 9.47 Å². The fraction of sp³-hybridized carbons (Fsp3) is 0.667. The van der Waals surface area contributed by atoms with Crippen LogP contribution in [0.5, 0.6) is 5.75 Å². The van der Waals surface area contributed by atoms with Gasteiger partial charge in [0.1, 0.15) is 5.75 Å². The SMILES string of the molecule is CCNC(=NCCOCC1CCCO1)NC1CCN(c2ccccc2OC)C1. The van der Waals surface area contributed by atoms with Crippen LogP contribution in [0.15, 0.2) is 29.3 Å². The number of nitrogens with zero attached hydrogens (tertiary/aromatic N) is 2. The molecule has 156 valence electrons. The molecular formula is C21H34N4O3. The Morgan fingerprint density at radius 3 is 3.00 bits per heavy atom. The molecule has 7 heteroatoms. The molecule has 2 aliphatic rings. The lowest BCUT2D eigenvalue weighted by Gasteiger charge is -2.22. The largest absolute Gasteiger partial charge is 0.495 e. The van der Waals surface area contributed by atoms with Crippen molar-refractivity contribution in [3.05, 3.63) is 24.3 Å². The van der Waals surface area contributed by atoms with E-state index in [1.165, 1.54) is 0 Å². The van der Waals surface area contributed by atoms with Gasteiger partial charge in [-0.25, -0.2) is 0 Å². The Balaban J connectivity index is 1.44. The van der Waals surface area contributed by atoms with Crippen LogP contribution in [0.25, 0.3) is 0 Å². The van der Waals surface area contributed by atoms with Crippen molar-refractivity contribution in [2.75, 3.05) is 58.0 Å². The van der Waals surface area contributed by atoms with Crippen molar-refractivity contribution in [3.8, 4) is 5.75 Å². The van der Waals surface area contributed by atoms with Crippen LogP contribution in [0.3, 0.4) is 0 Å². The zero-order valence-electron chi connectivity index (χ0n) is 17.2. The average Bonchev–Trinajstić information content (AvgIpc) is 3.40. The van der Waals surface area contributed by atoms with Crippen molar-refractivity contribution in [2.45, 2.75) is 38.3 Å². The second-order valence-electron chi connectivity index (χ2n) is 7.22. The standard InChI is InChI=1S/C21H34N4O3/c1-3-22-21(23-11-14-27-16-18-7-6-13-28-18)24-17-10-12-25(15-17)19-8-4-5-9-20(19)26-2/h4-5,8-9,17-18H,3,6-7,10-16H2,1-2H3,(H2,22,23,24). The molecule has 2 heterocycles. The van der Waals surface area contributed by atoms with E-state index in [0.29, 0.717) is 25.8 Å². The van der Waals surface area contributed by atoms with Crippen molar-refractivity contribution < 1.29 is 14.2 Å². The normalized spacial score (nSPS) is 22.5. The van der Waals surface area contributed by atoms with Crippen LogP contribution >= 0.6 is 0 Å². The summed E-state index contributed by atoms with van der Waals surface area (Å²) in [5.41, 5.74) is 1.15. The van der Waals surface area contributed by atoms with Gasteiger partial charge in [0, 0.05) is 32.3 Å². The van der Waals surface area contributed by atoms with Crippen molar-refractivity contribution >= 4 is 11.6 Å². The minimum atomic E-state index is 0.273. The Bertz CT molecular complexity index is 619. The quantitative estimate of drug-likeness (QED) is 0.382. The minimum Gasteiger partial charge on any atom is -0.495 e. The Morgan fingerprint density at radius 1 is 1.32 bits per heavy atom. The van der Waals surface area contributed by atoms with Gasteiger partial charge in [-0.3, -0.25) is 4.99 Å². The monoisotopic (exact) mass is 390 g/mol. The van der Waals surface area contributed by atoms with Crippen molar-refractivity contribution in [1.82, 2.24) is 10.6 Å². The van der Waals surface area contributed by atoms with Gasteiger partial charge in [0.15, 0.2) is 5.96 Å². The van der Waals surface area contributed by atoms with Crippen LogP contribution in [0, 0.1) is 0 Å². The molecule has 0 amide bonds. The van der Waals surface area contributed by atoms with Crippen molar-refractivity contribution in [2.24, 2.45) is 4.99 Å². The van der Waals surface area contributed by atoms with Gasteiger partial charge in [0.05, 0.1) is 38.7 Å². The van der Waals surface area contributed by atoms with E-state index in [2.05, 4.69) is 39.6 Å². The topological polar surface area (TPSA) is 67.4 Å². The summed E-state index contributed by atoms with van der Waals surface area (Å²) in [4.78, 5) is 7.02. The summed E-state index contributed by atoms with van der Waals surface area (Å²) in [6.07, 6.45) is 3.60. The van der Waals surface area contributed by atoms with E-state index >= 15 is 0 Å². The zero-order chi connectivity index (χ0) is 19.6. The molecule has 0 spiro atoms. The third kappa shape index (κ3) is 6.01. The molecule has 2 N–H and O–H groups in total. The summed E-state index contributed by atoms with van der Waals surface area (Å²) in [6, 6.07) is 8.55. The van der Waals surface area contributed by atoms with Gasteiger partial charge in [-0.1, -0.05) is 12.1 Å². The lowest BCUT2D eigenvalue weighted by atomic mass is 10.2. The van der Waals surface area contributed by atoms with Gasteiger partial charge in [0.25, 0.3) is 0 Å². The first-order valence-electron chi connectivity index (χ1n) is 10.4. The Labute approximate surface area is 168 Å². The van der Waals surface area contributed by atoms with Crippen molar-refractivity contribution in [1.29, 1.82) is 0 Å². The fourth-order valence-electron chi connectivity index (χ4n) is 3.71. The summed E-state index contributed by atoms with van der Waals surface area (Å²) in [5, 5.41) is 6.90. The van der Waals surface area contributed by atoms with Gasteiger partial charge >= 0.3 is 0 Å². The smallest absolute Gasteiger partial charge is 0.191 e. The Morgan fingerprint density at radius 2 is 2.21 bits per heavy atom. The first kappa shape index (κ1) is 20.7. The number of ether oxygens (including phenoxy) is 3. The molecule has 2 fully saturated rings. The number of hydrogen-bond acceptors (Lipinski definition) is 5. The Hall–Kier alpha value is -1.99. The Kier molecular flexibility index (Phi) is 8.23. The molecule has 0 saturated carbocycles. The van der Waals surface area contributed by atoms with E-state index in [4.69, 9.17) is 14.2 Å². The molecule has 0 bridgehead atoms. The lowest BCUT2D eigenvalue weighted by Crippen LogP contribution is -2.44. The number of aliphatic imine (C=N–C) groups is 1. The average molecular weight is 391 g/mol. The minimum absolute atomic E-state index is 0.273. The molecule has 0 radical (unpaired) electrons. The van der Waals surface area contributed by atoms with Gasteiger partial charge < -0.3 is 29.7 Å². The van der Waals surface area contributed by atoms with Crippen LogP contribution in [0.2, 0.25) is 0 Å². The lowest BCUT2D eigenvalue weighted by molar-refractivity contribution is 0.0200.